The molecule has 1 heterocycles. The molecule has 1 unspecified atom stereocenters. The summed E-state index contributed by atoms with van der Waals surface area (Å²) in [6.07, 6.45) is 0.155. The van der Waals surface area contributed by atoms with Crippen LogP contribution in [0.5, 0.6) is 0 Å². The predicted molar refractivity (Wildman–Crippen MR) is 108 cm³/mol. The molecule has 0 aliphatic carbocycles. The Morgan fingerprint density at radius 3 is 2.39 bits per heavy atom. The second-order valence-electron chi connectivity index (χ2n) is 7.29. The molecule has 1 aliphatic heterocycles. The van der Waals surface area contributed by atoms with Gasteiger partial charge in [0.2, 0.25) is 5.84 Å². The summed E-state index contributed by atoms with van der Waals surface area (Å²) in [4.78, 5) is 11.8. The Kier molecular flexibility index (Phi) is 6.65. The number of benzene rings is 1. The zero-order valence-electron chi connectivity index (χ0n) is 16.6. The number of amidine groups is 1. The third-order valence-corrected chi connectivity index (χ3v) is 4.22. The maximum absolute atomic E-state index is 11.8. The van der Waals surface area contributed by atoms with Crippen LogP contribution in [-0.4, -0.2) is 44.5 Å². The van der Waals surface area contributed by atoms with E-state index in [1.807, 2.05) is 39.8 Å². The summed E-state index contributed by atoms with van der Waals surface area (Å²) < 4.78 is 40.5. The van der Waals surface area contributed by atoms with Crippen molar-refractivity contribution in [1.82, 2.24) is 5.32 Å². The molecule has 1 aromatic carbocycles. The van der Waals surface area contributed by atoms with E-state index in [4.69, 9.17) is 9.47 Å². The normalized spacial score (nSPS) is 16.6. The predicted octanol–water partition coefficient (Wildman–Crippen LogP) is 2.65. The Morgan fingerprint density at radius 1 is 1.18 bits per heavy atom. The Hall–Kier alpha value is -2.62. The van der Waals surface area contributed by atoms with E-state index >= 15 is 0 Å². The maximum Gasteiger partial charge on any atom is 0.407 e. The minimum absolute atomic E-state index is 0.0505. The zero-order valence-corrected chi connectivity index (χ0v) is 17.5. The third kappa shape index (κ3) is 6.84. The van der Waals surface area contributed by atoms with Gasteiger partial charge in [-0.25, -0.2) is 4.79 Å². The summed E-state index contributed by atoms with van der Waals surface area (Å²) in [7, 11) is -3.90. The van der Waals surface area contributed by atoms with Crippen molar-refractivity contribution in [2.45, 2.75) is 52.7 Å². The molecule has 2 rings (SSSR count). The highest BCUT2D eigenvalue weighted by molar-refractivity contribution is 7.89. The van der Waals surface area contributed by atoms with Crippen LogP contribution in [0, 0.1) is 0 Å². The summed E-state index contributed by atoms with van der Waals surface area (Å²) in [6, 6.07) is 7.20. The molecule has 0 saturated heterocycles. The first kappa shape index (κ1) is 21.7. The number of anilines is 1. The molecule has 154 valence electrons. The summed E-state index contributed by atoms with van der Waals surface area (Å²) in [5, 5.41) is 5.69. The lowest BCUT2D eigenvalue weighted by atomic mass is 10.1. The van der Waals surface area contributed by atoms with Gasteiger partial charge in [0.25, 0.3) is 5.90 Å². The molecule has 0 bridgehead atoms. The summed E-state index contributed by atoms with van der Waals surface area (Å²) >= 11 is 0. The van der Waals surface area contributed by atoms with Gasteiger partial charge in [0, 0.05) is 11.7 Å². The lowest BCUT2D eigenvalue weighted by molar-refractivity contribution is 0.0508. The van der Waals surface area contributed by atoms with Gasteiger partial charge >= 0.3 is 16.3 Å². The molecule has 1 amide bonds. The Morgan fingerprint density at radius 2 is 1.82 bits per heavy atom. The van der Waals surface area contributed by atoms with Crippen LogP contribution in [0.3, 0.4) is 0 Å². The number of hydrogen-bond donors (Lipinski definition) is 2. The number of ether oxygens (including phenoxy) is 2. The van der Waals surface area contributed by atoms with Gasteiger partial charge in [0.15, 0.2) is 0 Å². The van der Waals surface area contributed by atoms with Crippen LogP contribution >= 0.6 is 0 Å². The van der Waals surface area contributed by atoms with E-state index in [0.717, 1.165) is 5.56 Å². The van der Waals surface area contributed by atoms with E-state index in [0.29, 0.717) is 12.1 Å². The molecule has 0 saturated carbocycles. The molecule has 0 spiro atoms. The van der Waals surface area contributed by atoms with Gasteiger partial charge in [-0.1, -0.05) is 12.1 Å². The molecule has 1 aliphatic rings. The first-order chi connectivity index (χ1) is 13.0. The van der Waals surface area contributed by atoms with Crippen molar-refractivity contribution >= 4 is 33.7 Å². The standard InChI is InChI=1S/C18H26N4O5S/c1-6-26-16-15(21-28(24,25)22-16)20-14-9-7-13(8-10-14)11-12(2)19-17(23)27-18(3,4)5/h7-10,12H,6,11H2,1-5H3,(H,19,23)(H,20,21). The van der Waals surface area contributed by atoms with Crippen molar-refractivity contribution in [1.29, 1.82) is 0 Å². The van der Waals surface area contributed by atoms with Gasteiger partial charge in [0.1, 0.15) is 5.60 Å². The second-order valence-corrected chi connectivity index (χ2v) is 8.55. The molecule has 2 N–H and O–H groups in total. The van der Waals surface area contributed by atoms with Crippen molar-refractivity contribution in [2.24, 2.45) is 8.80 Å². The van der Waals surface area contributed by atoms with Gasteiger partial charge in [-0.15, -0.1) is 8.80 Å². The van der Waals surface area contributed by atoms with E-state index in [-0.39, 0.29) is 24.4 Å². The maximum atomic E-state index is 11.8. The van der Waals surface area contributed by atoms with Gasteiger partial charge in [-0.3, -0.25) is 0 Å². The van der Waals surface area contributed by atoms with Gasteiger partial charge < -0.3 is 20.1 Å². The minimum Gasteiger partial charge on any atom is -0.475 e. The summed E-state index contributed by atoms with van der Waals surface area (Å²) in [5.41, 5.74) is 1.09. The molecule has 10 heteroatoms. The average Bonchev–Trinajstić information content (AvgIpc) is 2.81. The number of nitrogens with one attached hydrogen (secondary N) is 2. The van der Waals surface area contributed by atoms with Crippen molar-refractivity contribution in [3.8, 4) is 0 Å². The van der Waals surface area contributed by atoms with Gasteiger partial charge in [0.05, 0.1) is 6.61 Å². The number of amides is 1. The average molecular weight is 410 g/mol. The first-order valence-electron chi connectivity index (χ1n) is 8.91. The highest BCUT2D eigenvalue weighted by Crippen LogP contribution is 2.15. The Labute approximate surface area is 165 Å². The van der Waals surface area contributed by atoms with Gasteiger partial charge in [-0.2, -0.15) is 8.42 Å². The summed E-state index contributed by atoms with van der Waals surface area (Å²) in [6.45, 7) is 9.32. The lowest BCUT2D eigenvalue weighted by Gasteiger charge is -2.22. The Balaban J connectivity index is 1.95. The molecular formula is C18H26N4O5S. The van der Waals surface area contributed by atoms with E-state index in [1.165, 1.54) is 0 Å². The van der Waals surface area contributed by atoms with Crippen LogP contribution in [0.4, 0.5) is 10.5 Å². The minimum atomic E-state index is -3.90. The van der Waals surface area contributed by atoms with Crippen molar-refractivity contribution < 1.29 is 22.7 Å². The molecule has 1 aromatic rings. The van der Waals surface area contributed by atoms with Crippen LogP contribution in [0.1, 0.15) is 40.2 Å². The van der Waals surface area contributed by atoms with E-state index in [9.17, 15) is 13.2 Å². The van der Waals surface area contributed by atoms with E-state index < -0.39 is 21.9 Å². The van der Waals surface area contributed by atoms with Crippen LogP contribution < -0.4 is 10.6 Å². The quantitative estimate of drug-likeness (QED) is 0.770. The zero-order chi connectivity index (χ0) is 20.9. The third-order valence-electron chi connectivity index (χ3n) is 3.41. The summed E-state index contributed by atoms with van der Waals surface area (Å²) in [5.74, 6) is -0.00341. The highest BCUT2D eigenvalue weighted by Gasteiger charge is 2.25. The smallest absolute Gasteiger partial charge is 0.407 e. The lowest BCUT2D eigenvalue weighted by Crippen LogP contribution is -2.38. The number of carbonyl (C=O) groups excluding carboxylic acids is 1. The number of nitrogens with zero attached hydrogens (tertiary/aromatic N) is 2. The van der Waals surface area contributed by atoms with E-state index in [2.05, 4.69) is 19.4 Å². The molecular weight excluding hydrogens is 384 g/mol. The fourth-order valence-corrected chi connectivity index (χ4v) is 3.15. The first-order valence-corrected chi connectivity index (χ1v) is 10.3. The van der Waals surface area contributed by atoms with Crippen LogP contribution in [-0.2, 0) is 26.1 Å². The molecule has 1 atom stereocenters. The van der Waals surface area contributed by atoms with Crippen molar-refractivity contribution in [3.63, 3.8) is 0 Å². The van der Waals surface area contributed by atoms with Crippen LogP contribution in [0.2, 0.25) is 0 Å². The number of alkyl carbamates (subject to hydrolysis) is 1. The van der Waals surface area contributed by atoms with Crippen LogP contribution in [0.15, 0.2) is 33.1 Å². The number of hydrogen-bond acceptors (Lipinski definition) is 6. The number of carbonyl (C=O) groups is 1. The molecule has 28 heavy (non-hydrogen) atoms. The second kappa shape index (κ2) is 8.59. The SMILES string of the molecule is CCOC1=NS(=O)(=O)N=C1Nc1ccc(CC(C)NC(=O)OC(C)(C)C)cc1. The molecule has 0 fully saturated rings. The highest BCUT2D eigenvalue weighted by atomic mass is 32.2. The fourth-order valence-electron chi connectivity index (χ4n) is 2.40. The molecule has 9 nitrogen and oxygen atoms in total. The largest absolute Gasteiger partial charge is 0.475 e. The van der Waals surface area contributed by atoms with Crippen molar-refractivity contribution in [2.75, 3.05) is 11.9 Å². The topological polar surface area (TPSA) is 118 Å². The van der Waals surface area contributed by atoms with Gasteiger partial charge in [-0.05, 0) is 58.7 Å². The number of rotatable bonds is 5. The molecule has 0 radical (unpaired) electrons. The monoisotopic (exact) mass is 410 g/mol. The van der Waals surface area contributed by atoms with E-state index in [1.54, 1.807) is 19.1 Å². The Bertz CT molecular complexity index is 870. The van der Waals surface area contributed by atoms with Crippen LogP contribution in [0.25, 0.3) is 0 Å². The van der Waals surface area contributed by atoms with Crippen molar-refractivity contribution in [3.05, 3.63) is 29.8 Å². The molecule has 0 aromatic heterocycles. The fraction of sp³-hybridized carbons (Fsp3) is 0.500.